The Morgan fingerprint density at radius 1 is 1.20 bits per heavy atom. The van der Waals surface area contributed by atoms with Crippen molar-refractivity contribution in [3.05, 3.63) is 0 Å². The van der Waals surface area contributed by atoms with Crippen molar-refractivity contribution in [2.24, 2.45) is 5.92 Å². The Hall–Kier alpha value is -0.610. The normalized spacial score (nSPS) is 26.5. The highest BCUT2D eigenvalue weighted by atomic mass is 16.5. The lowest BCUT2D eigenvalue weighted by molar-refractivity contribution is -0.143. The molecule has 0 heterocycles. The van der Waals surface area contributed by atoms with Crippen molar-refractivity contribution < 1.29 is 19.7 Å². The van der Waals surface area contributed by atoms with E-state index in [1.165, 1.54) is 0 Å². The van der Waals surface area contributed by atoms with Gasteiger partial charge in [-0.05, 0) is 38.5 Å². The molecule has 1 fully saturated rings. The summed E-state index contributed by atoms with van der Waals surface area (Å²) in [6, 6.07) is 0. The summed E-state index contributed by atoms with van der Waals surface area (Å²) in [7, 11) is 0. The Morgan fingerprint density at radius 2 is 1.87 bits per heavy atom. The lowest BCUT2D eigenvalue weighted by Crippen LogP contribution is -2.26. The molecule has 0 radical (unpaired) electrons. The quantitative estimate of drug-likeness (QED) is 0.659. The van der Waals surface area contributed by atoms with Crippen molar-refractivity contribution in [2.75, 3.05) is 13.2 Å². The molecule has 88 valence electrons. The van der Waals surface area contributed by atoms with Gasteiger partial charge in [-0.3, -0.25) is 4.79 Å². The summed E-state index contributed by atoms with van der Waals surface area (Å²) in [6.45, 7) is 0.901. The Morgan fingerprint density at radius 3 is 2.40 bits per heavy atom. The molecule has 0 aromatic carbocycles. The number of aliphatic carboxylic acids is 1. The van der Waals surface area contributed by atoms with Crippen LogP contribution in [0.4, 0.5) is 0 Å². The number of unbranched alkanes of at least 4 members (excludes halogenated alkanes) is 1. The van der Waals surface area contributed by atoms with Crippen molar-refractivity contribution in [1.82, 2.24) is 0 Å². The van der Waals surface area contributed by atoms with Crippen molar-refractivity contribution in [3.63, 3.8) is 0 Å². The zero-order chi connectivity index (χ0) is 11.1. The van der Waals surface area contributed by atoms with E-state index in [2.05, 4.69) is 0 Å². The summed E-state index contributed by atoms with van der Waals surface area (Å²) < 4.78 is 5.61. The molecule has 0 unspecified atom stereocenters. The van der Waals surface area contributed by atoms with Gasteiger partial charge in [0.15, 0.2) is 0 Å². The van der Waals surface area contributed by atoms with Gasteiger partial charge in [-0.15, -0.1) is 0 Å². The van der Waals surface area contributed by atoms with E-state index < -0.39 is 5.97 Å². The molecule has 2 N–H and O–H groups in total. The maximum absolute atomic E-state index is 10.7. The van der Waals surface area contributed by atoms with Gasteiger partial charge in [0.1, 0.15) is 0 Å². The molecule has 0 saturated heterocycles. The van der Waals surface area contributed by atoms with E-state index >= 15 is 0 Å². The van der Waals surface area contributed by atoms with Gasteiger partial charge in [-0.2, -0.15) is 0 Å². The highest BCUT2D eigenvalue weighted by Gasteiger charge is 2.25. The van der Waals surface area contributed by atoms with E-state index in [0.29, 0.717) is 6.61 Å². The van der Waals surface area contributed by atoms with Crippen LogP contribution in [0.1, 0.15) is 38.5 Å². The summed E-state index contributed by atoms with van der Waals surface area (Å²) in [5.74, 6) is -0.837. The first kappa shape index (κ1) is 12.5. The van der Waals surface area contributed by atoms with E-state index in [1.54, 1.807) is 0 Å². The highest BCUT2D eigenvalue weighted by Crippen LogP contribution is 2.26. The van der Waals surface area contributed by atoms with Crippen LogP contribution in [-0.2, 0) is 9.53 Å². The molecule has 0 amide bonds. The summed E-state index contributed by atoms with van der Waals surface area (Å²) in [5, 5.41) is 17.4. The highest BCUT2D eigenvalue weighted by molar-refractivity contribution is 5.69. The monoisotopic (exact) mass is 216 g/mol. The average molecular weight is 216 g/mol. The zero-order valence-electron chi connectivity index (χ0n) is 9.02. The molecule has 15 heavy (non-hydrogen) atoms. The standard InChI is InChI=1S/C11H20O4/c12-7-1-2-8-15-10-5-3-9(4-6-10)11(13)14/h9-10,12H,1-8H2,(H,13,14). The van der Waals surface area contributed by atoms with Crippen LogP contribution >= 0.6 is 0 Å². The number of rotatable bonds is 6. The van der Waals surface area contributed by atoms with Gasteiger partial charge in [0.2, 0.25) is 0 Å². The van der Waals surface area contributed by atoms with Crippen LogP contribution in [0.15, 0.2) is 0 Å². The van der Waals surface area contributed by atoms with Gasteiger partial charge in [0, 0.05) is 13.2 Å². The lowest BCUT2D eigenvalue weighted by atomic mass is 9.87. The molecule has 1 aliphatic carbocycles. The van der Waals surface area contributed by atoms with Gasteiger partial charge in [-0.25, -0.2) is 0 Å². The van der Waals surface area contributed by atoms with E-state index in [0.717, 1.165) is 38.5 Å². The fraction of sp³-hybridized carbons (Fsp3) is 0.909. The molecular formula is C11H20O4. The minimum Gasteiger partial charge on any atom is -0.481 e. The van der Waals surface area contributed by atoms with Crippen molar-refractivity contribution in [1.29, 1.82) is 0 Å². The van der Waals surface area contributed by atoms with Crippen molar-refractivity contribution >= 4 is 5.97 Å². The first-order valence-corrected chi connectivity index (χ1v) is 5.69. The molecule has 4 nitrogen and oxygen atoms in total. The first-order valence-electron chi connectivity index (χ1n) is 5.69. The maximum atomic E-state index is 10.7. The van der Waals surface area contributed by atoms with E-state index in [-0.39, 0.29) is 18.6 Å². The zero-order valence-corrected chi connectivity index (χ0v) is 9.02. The Bertz CT molecular complexity index is 185. The van der Waals surface area contributed by atoms with Crippen LogP contribution in [0.3, 0.4) is 0 Å². The number of aliphatic hydroxyl groups is 1. The van der Waals surface area contributed by atoms with Crippen LogP contribution < -0.4 is 0 Å². The van der Waals surface area contributed by atoms with E-state index in [4.69, 9.17) is 14.9 Å². The fourth-order valence-electron chi connectivity index (χ4n) is 1.94. The molecule has 4 heteroatoms. The second kappa shape index (κ2) is 6.80. The lowest BCUT2D eigenvalue weighted by Gasteiger charge is -2.26. The topological polar surface area (TPSA) is 66.8 Å². The molecule has 1 rings (SSSR count). The smallest absolute Gasteiger partial charge is 0.306 e. The predicted octanol–water partition coefficient (Wildman–Crippen LogP) is 1.42. The molecule has 0 spiro atoms. The third-order valence-electron chi connectivity index (χ3n) is 2.93. The third kappa shape index (κ3) is 4.62. The molecular weight excluding hydrogens is 196 g/mol. The molecule has 1 saturated carbocycles. The predicted molar refractivity (Wildman–Crippen MR) is 55.7 cm³/mol. The van der Waals surface area contributed by atoms with Gasteiger partial charge in [0.05, 0.1) is 12.0 Å². The summed E-state index contributed by atoms with van der Waals surface area (Å²) in [4.78, 5) is 10.7. The summed E-state index contributed by atoms with van der Waals surface area (Å²) in [6.07, 6.45) is 5.09. The van der Waals surface area contributed by atoms with Crippen LogP contribution in [0.25, 0.3) is 0 Å². The van der Waals surface area contributed by atoms with Crippen molar-refractivity contribution in [3.8, 4) is 0 Å². The average Bonchev–Trinajstić information content (AvgIpc) is 2.25. The van der Waals surface area contributed by atoms with E-state index in [9.17, 15) is 4.79 Å². The van der Waals surface area contributed by atoms with Crippen LogP contribution in [0.5, 0.6) is 0 Å². The number of carboxylic acids is 1. The fourth-order valence-corrected chi connectivity index (χ4v) is 1.94. The maximum Gasteiger partial charge on any atom is 0.306 e. The van der Waals surface area contributed by atoms with Gasteiger partial charge < -0.3 is 14.9 Å². The Labute approximate surface area is 90.2 Å². The van der Waals surface area contributed by atoms with Gasteiger partial charge >= 0.3 is 5.97 Å². The number of carboxylic acid groups (broad SMARTS) is 1. The largest absolute Gasteiger partial charge is 0.481 e. The summed E-state index contributed by atoms with van der Waals surface area (Å²) >= 11 is 0. The minimum absolute atomic E-state index is 0.165. The number of hydrogen-bond donors (Lipinski definition) is 2. The molecule has 1 aliphatic rings. The SMILES string of the molecule is O=C(O)C1CCC(OCCCCO)CC1. The summed E-state index contributed by atoms with van der Waals surface area (Å²) in [5.41, 5.74) is 0. The second-order valence-electron chi connectivity index (χ2n) is 4.11. The molecule has 0 bridgehead atoms. The number of ether oxygens (including phenoxy) is 1. The molecule has 0 aliphatic heterocycles. The minimum atomic E-state index is -0.672. The van der Waals surface area contributed by atoms with Crippen molar-refractivity contribution in [2.45, 2.75) is 44.6 Å². The second-order valence-corrected chi connectivity index (χ2v) is 4.11. The molecule has 0 aromatic heterocycles. The number of carbonyl (C=O) groups is 1. The number of aliphatic hydroxyl groups excluding tert-OH is 1. The Kier molecular flexibility index (Phi) is 5.65. The van der Waals surface area contributed by atoms with Crippen LogP contribution in [0.2, 0.25) is 0 Å². The van der Waals surface area contributed by atoms with Gasteiger partial charge in [0.25, 0.3) is 0 Å². The first-order chi connectivity index (χ1) is 7.24. The Balaban J connectivity index is 2.07. The number of hydrogen-bond acceptors (Lipinski definition) is 3. The van der Waals surface area contributed by atoms with E-state index in [1.807, 2.05) is 0 Å². The van der Waals surface area contributed by atoms with Crippen LogP contribution in [0, 0.1) is 5.92 Å². The molecule has 0 aromatic rings. The third-order valence-corrected chi connectivity index (χ3v) is 2.93. The van der Waals surface area contributed by atoms with Crippen LogP contribution in [-0.4, -0.2) is 35.5 Å². The van der Waals surface area contributed by atoms with Gasteiger partial charge in [-0.1, -0.05) is 0 Å². The molecule has 0 atom stereocenters.